The Morgan fingerprint density at radius 1 is 0.773 bits per heavy atom. The van der Waals surface area contributed by atoms with Crippen LogP contribution < -0.4 is 0 Å². The zero-order valence-corrected chi connectivity index (χ0v) is 14.3. The Labute approximate surface area is 134 Å². The highest BCUT2D eigenvalue weighted by Crippen LogP contribution is 2.33. The van der Waals surface area contributed by atoms with Crippen molar-refractivity contribution in [1.29, 1.82) is 0 Å². The summed E-state index contributed by atoms with van der Waals surface area (Å²) in [5, 5.41) is 0. The van der Waals surface area contributed by atoms with Gasteiger partial charge in [-0.3, -0.25) is 4.79 Å². The van der Waals surface area contributed by atoms with Crippen LogP contribution >= 0.6 is 0 Å². The largest absolute Gasteiger partial charge is 0.335 e. The van der Waals surface area contributed by atoms with E-state index in [9.17, 15) is 13.2 Å². The maximum Gasteiger partial charge on any atom is 0.226 e. The van der Waals surface area contributed by atoms with Crippen LogP contribution in [-0.2, 0) is 14.6 Å². The van der Waals surface area contributed by atoms with E-state index in [0.29, 0.717) is 12.5 Å². The third-order valence-corrected chi connectivity index (χ3v) is 7.53. The Kier molecular flexibility index (Phi) is 5.10. The van der Waals surface area contributed by atoms with E-state index in [1.807, 2.05) is 0 Å². The minimum Gasteiger partial charge on any atom is -0.335 e. The van der Waals surface area contributed by atoms with Crippen LogP contribution in [0.1, 0.15) is 70.6 Å². The molecule has 0 aromatic carbocycles. The smallest absolute Gasteiger partial charge is 0.226 e. The maximum absolute atomic E-state index is 13.1. The van der Waals surface area contributed by atoms with Gasteiger partial charge in [-0.25, -0.2) is 8.42 Å². The first-order valence-corrected chi connectivity index (χ1v) is 10.9. The van der Waals surface area contributed by atoms with Gasteiger partial charge in [-0.05, 0) is 32.1 Å². The van der Waals surface area contributed by atoms with Crippen molar-refractivity contribution in [3.8, 4) is 0 Å². The molecule has 1 unspecified atom stereocenters. The van der Waals surface area contributed by atoms with Gasteiger partial charge < -0.3 is 4.90 Å². The molecule has 0 aromatic rings. The van der Waals surface area contributed by atoms with Crippen LogP contribution in [0.3, 0.4) is 0 Å². The minimum atomic E-state index is -2.94. The number of amides is 1. The van der Waals surface area contributed by atoms with Gasteiger partial charge in [0.1, 0.15) is 0 Å². The lowest BCUT2D eigenvalue weighted by molar-refractivity contribution is -0.142. The van der Waals surface area contributed by atoms with Gasteiger partial charge >= 0.3 is 0 Å². The molecule has 4 nitrogen and oxygen atoms in total. The van der Waals surface area contributed by atoms with E-state index in [4.69, 9.17) is 0 Å². The molecule has 0 radical (unpaired) electrons. The molecular formula is C17H29NO3S. The summed E-state index contributed by atoms with van der Waals surface area (Å²) in [5.74, 6) is 0.883. The summed E-state index contributed by atoms with van der Waals surface area (Å²) in [7, 11) is -2.94. The molecule has 2 saturated carbocycles. The summed E-state index contributed by atoms with van der Waals surface area (Å²) in [6, 6.07) is 0.240. The second kappa shape index (κ2) is 6.90. The van der Waals surface area contributed by atoms with E-state index in [0.717, 1.165) is 38.5 Å². The van der Waals surface area contributed by atoms with Gasteiger partial charge in [0.15, 0.2) is 9.84 Å². The lowest BCUT2D eigenvalue weighted by Gasteiger charge is -2.41. The first kappa shape index (κ1) is 16.3. The Morgan fingerprint density at radius 3 is 1.91 bits per heavy atom. The van der Waals surface area contributed by atoms with Crippen LogP contribution in [0.5, 0.6) is 0 Å². The molecule has 2 aliphatic carbocycles. The SMILES string of the molecule is O=C(C1CCCCC1)N(C1CCCCC1)C1CCS(=O)(=O)C1. The fraction of sp³-hybridized carbons (Fsp3) is 0.941. The standard InChI is InChI=1S/C17H29NO3S/c19-17(14-7-3-1-4-8-14)18(15-9-5-2-6-10-15)16-11-12-22(20,21)13-16/h14-16H,1-13H2. The van der Waals surface area contributed by atoms with Crippen molar-refractivity contribution < 1.29 is 13.2 Å². The van der Waals surface area contributed by atoms with Crippen molar-refractivity contribution in [1.82, 2.24) is 4.90 Å². The van der Waals surface area contributed by atoms with Crippen molar-refractivity contribution in [2.75, 3.05) is 11.5 Å². The predicted octanol–water partition coefficient (Wildman–Crippen LogP) is 2.92. The second-order valence-corrected chi connectivity index (χ2v) is 9.66. The molecule has 22 heavy (non-hydrogen) atoms. The second-order valence-electron chi connectivity index (χ2n) is 7.43. The van der Waals surface area contributed by atoms with Gasteiger partial charge in [0.25, 0.3) is 0 Å². The number of sulfone groups is 1. The molecule has 0 bridgehead atoms. The number of rotatable bonds is 3. The molecule has 0 spiro atoms. The van der Waals surface area contributed by atoms with E-state index in [-0.39, 0.29) is 29.4 Å². The van der Waals surface area contributed by atoms with Gasteiger partial charge in [-0.2, -0.15) is 0 Å². The normalized spacial score (nSPS) is 30.3. The molecular weight excluding hydrogens is 298 g/mol. The summed E-state index contributed by atoms with van der Waals surface area (Å²) in [5.41, 5.74) is 0. The average molecular weight is 327 g/mol. The van der Waals surface area contributed by atoms with Crippen LogP contribution in [0.25, 0.3) is 0 Å². The van der Waals surface area contributed by atoms with E-state index in [2.05, 4.69) is 4.90 Å². The van der Waals surface area contributed by atoms with Crippen molar-refractivity contribution in [3.63, 3.8) is 0 Å². The van der Waals surface area contributed by atoms with E-state index < -0.39 is 9.84 Å². The number of carbonyl (C=O) groups is 1. The highest BCUT2D eigenvalue weighted by Gasteiger charge is 2.40. The Balaban J connectivity index is 1.77. The fourth-order valence-corrected chi connectivity index (χ4v) is 6.28. The Bertz CT molecular complexity index is 490. The van der Waals surface area contributed by atoms with Gasteiger partial charge in [-0.15, -0.1) is 0 Å². The molecule has 0 aromatic heterocycles. The minimum absolute atomic E-state index is 0.0532. The average Bonchev–Trinajstić information content (AvgIpc) is 2.89. The van der Waals surface area contributed by atoms with Crippen LogP contribution in [0.2, 0.25) is 0 Å². The molecule has 5 heteroatoms. The lowest BCUT2D eigenvalue weighted by atomic mass is 9.86. The van der Waals surface area contributed by atoms with E-state index in [1.165, 1.54) is 25.7 Å². The molecule has 1 amide bonds. The summed E-state index contributed by atoms with van der Waals surface area (Å²) < 4.78 is 23.8. The molecule has 3 rings (SSSR count). The maximum atomic E-state index is 13.1. The van der Waals surface area contributed by atoms with Gasteiger partial charge in [0.05, 0.1) is 11.5 Å². The third-order valence-electron chi connectivity index (χ3n) is 5.78. The topological polar surface area (TPSA) is 54.5 Å². The first-order chi connectivity index (χ1) is 10.6. The summed E-state index contributed by atoms with van der Waals surface area (Å²) >= 11 is 0. The van der Waals surface area contributed by atoms with Crippen molar-refractivity contribution >= 4 is 15.7 Å². The van der Waals surface area contributed by atoms with Crippen LogP contribution in [0.4, 0.5) is 0 Å². The molecule has 1 heterocycles. The van der Waals surface area contributed by atoms with Gasteiger partial charge in [0.2, 0.25) is 5.91 Å². The van der Waals surface area contributed by atoms with Crippen molar-refractivity contribution in [3.05, 3.63) is 0 Å². The Hall–Kier alpha value is -0.580. The van der Waals surface area contributed by atoms with E-state index >= 15 is 0 Å². The molecule has 1 aliphatic heterocycles. The third kappa shape index (κ3) is 3.66. The monoisotopic (exact) mass is 327 g/mol. The fourth-order valence-electron chi connectivity index (χ4n) is 4.57. The molecule has 126 valence electrons. The summed E-state index contributed by atoms with van der Waals surface area (Å²) in [4.78, 5) is 15.2. The highest BCUT2D eigenvalue weighted by molar-refractivity contribution is 7.91. The molecule has 3 fully saturated rings. The van der Waals surface area contributed by atoms with Crippen molar-refractivity contribution in [2.45, 2.75) is 82.7 Å². The predicted molar refractivity (Wildman–Crippen MR) is 87.4 cm³/mol. The van der Waals surface area contributed by atoms with Crippen LogP contribution in [0, 0.1) is 5.92 Å². The molecule has 3 aliphatic rings. The highest BCUT2D eigenvalue weighted by atomic mass is 32.2. The van der Waals surface area contributed by atoms with Crippen molar-refractivity contribution in [2.24, 2.45) is 5.92 Å². The molecule has 0 N–H and O–H groups in total. The summed E-state index contributed by atoms with van der Waals surface area (Å²) in [6.45, 7) is 0. The Morgan fingerprint density at radius 2 is 1.36 bits per heavy atom. The first-order valence-electron chi connectivity index (χ1n) is 9.09. The number of nitrogens with zero attached hydrogens (tertiary/aromatic N) is 1. The van der Waals surface area contributed by atoms with E-state index in [1.54, 1.807) is 0 Å². The zero-order chi connectivity index (χ0) is 15.6. The molecule has 1 atom stereocenters. The zero-order valence-electron chi connectivity index (χ0n) is 13.5. The van der Waals surface area contributed by atoms with Gasteiger partial charge in [0, 0.05) is 18.0 Å². The number of hydrogen-bond donors (Lipinski definition) is 0. The van der Waals surface area contributed by atoms with Crippen LogP contribution in [-0.4, -0.2) is 42.8 Å². The summed E-state index contributed by atoms with van der Waals surface area (Å²) in [6.07, 6.45) is 11.9. The number of carbonyl (C=O) groups excluding carboxylic acids is 1. The quantitative estimate of drug-likeness (QED) is 0.801. The van der Waals surface area contributed by atoms with Crippen LogP contribution in [0.15, 0.2) is 0 Å². The number of hydrogen-bond acceptors (Lipinski definition) is 3. The molecule has 1 saturated heterocycles. The lowest BCUT2D eigenvalue weighted by Crippen LogP contribution is -2.51. The van der Waals surface area contributed by atoms with Gasteiger partial charge in [-0.1, -0.05) is 38.5 Å².